The summed E-state index contributed by atoms with van der Waals surface area (Å²) in [4.78, 5) is 11.9. The molecule has 1 fully saturated rings. The lowest BCUT2D eigenvalue weighted by molar-refractivity contribution is -0.117. The Balaban J connectivity index is 1.72. The molecule has 0 aromatic heterocycles. The number of benzene rings is 2. The summed E-state index contributed by atoms with van der Waals surface area (Å²) in [7, 11) is 0. The largest absolute Gasteiger partial charge is 0.326 e. The average Bonchev–Trinajstić information content (AvgIpc) is 3.24. The zero-order valence-corrected chi connectivity index (χ0v) is 12.0. The minimum absolute atomic E-state index is 0.121. The number of anilines is 1. The van der Waals surface area contributed by atoms with Crippen molar-refractivity contribution in [2.75, 3.05) is 5.32 Å². The minimum atomic E-state index is 0.121. The van der Waals surface area contributed by atoms with E-state index >= 15 is 0 Å². The molecule has 0 heterocycles. The normalized spacial score (nSPS) is 19.3. The van der Waals surface area contributed by atoms with E-state index in [9.17, 15) is 4.79 Å². The van der Waals surface area contributed by atoms with Gasteiger partial charge in [0, 0.05) is 22.7 Å². The summed E-state index contributed by atoms with van der Waals surface area (Å²) in [6.07, 6.45) is 0.999. The Morgan fingerprint density at radius 1 is 1.05 bits per heavy atom. The summed E-state index contributed by atoms with van der Waals surface area (Å²) < 4.78 is 0. The number of carbonyl (C=O) groups excluding carboxylic acids is 1. The van der Waals surface area contributed by atoms with Gasteiger partial charge in [0.1, 0.15) is 0 Å². The number of hydrogen-bond acceptors (Lipinski definition) is 1. The summed E-state index contributed by atoms with van der Waals surface area (Å²) in [5.41, 5.74) is 2.71. The van der Waals surface area contributed by atoms with Crippen LogP contribution in [0.5, 0.6) is 0 Å². The molecule has 2 atom stereocenters. The summed E-state index contributed by atoms with van der Waals surface area (Å²) in [5, 5.41) is 2.97. The summed E-state index contributed by atoms with van der Waals surface area (Å²) in [6.45, 7) is 2.10. The molecule has 1 amide bonds. The van der Waals surface area contributed by atoms with Gasteiger partial charge in [0.15, 0.2) is 0 Å². The third-order valence-corrected chi connectivity index (χ3v) is 3.70. The van der Waals surface area contributed by atoms with Crippen LogP contribution in [0.4, 0.5) is 5.69 Å². The fourth-order valence-electron chi connectivity index (χ4n) is 2.26. The molecule has 0 spiro atoms. The van der Waals surface area contributed by atoms with Crippen LogP contribution < -0.4 is 5.32 Å². The SMILES string of the molecule is CC1CC1C(=O)Nc1cccc(C#Cc2ccccc2)c1. The van der Waals surface area contributed by atoms with Gasteiger partial charge in [0.05, 0.1) is 0 Å². The third kappa shape index (κ3) is 3.52. The van der Waals surface area contributed by atoms with E-state index in [2.05, 4.69) is 24.1 Å². The van der Waals surface area contributed by atoms with Crippen molar-refractivity contribution in [1.82, 2.24) is 0 Å². The molecule has 3 rings (SSSR count). The second-order valence-corrected chi connectivity index (χ2v) is 5.51. The monoisotopic (exact) mass is 275 g/mol. The molecule has 0 aliphatic heterocycles. The van der Waals surface area contributed by atoms with E-state index in [0.717, 1.165) is 23.2 Å². The molecule has 2 unspecified atom stereocenters. The Hall–Kier alpha value is -2.53. The van der Waals surface area contributed by atoms with Crippen LogP contribution in [-0.4, -0.2) is 5.91 Å². The van der Waals surface area contributed by atoms with Crippen molar-refractivity contribution in [3.8, 4) is 11.8 Å². The average molecular weight is 275 g/mol. The van der Waals surface area contributed by atoms with Gasteiger partial charge in [-0.1, -0.05) is 43.0 Å². The Labute approximate surface area is 125 Å². The van der Waals surface area contributed by atoms with Crippen LogP contribution in [0.3, 0.4) is 0 Å². The van der Waals surface area contributed by atoms with Gasteiger partial charge >= 0.3 is 0 Å². The van der Waals surface area contributed by atoms with E-state index in [1.165, 1.54) is 0 Å². The first-order valence-electron chi connectivity index (χ1n) is 7.20. The zero-order chi connectivity index (χ0) is 14.7. The highest BCUT2D eigenvalue weighted by atomic mass is 16.2. The molecule has 0 radical (unpaired) electrons. The van der Waals surface area contributed by atoms with Gasteiger partial charge in [0.2, 0.25) is 5.91 Å². The molecule has 104 valence electrons. The third-order valence-electron chi connectivity index (χ3n) is 3.70. The number of hydrogen-bond donors (Lipinski definition) is 1. The smallest absolute Gasteiger partial charge is 0.227 e. The van der Waals surface area contributed by atoms with Gasteiger partial charge in [-0.2, -0.15) is 0 Å². The highest BCUT2D eigenvalue weighted by Crippen LogP contribution is 2.38. The van der Waals surface area contributed by atoms with Crippen molar-refractivity contribution in [2.45, 2.75) is 13.3 Å². The molecule has 2 nitrogen and oxygen atoms in total. The van der Waals surface area contributed by atoms with Crippen LogP contribution in [0.2, 0.25) is 0 Å². The van der Waals surface area contributed by atoms with Crippen LogP contribution in [-0.2, 0) is 4.79 Å². The quantitative estimate of drug-likeness (QED) is 0.832. The van der Waals surface area contributed by atoms with E-state index in [-0.39, 0.29) is 11.8 Å². The fourth-order valence-corrected chi connectivity index (χ4v) is 2.26. The molecule has 2 aromatic rings. The number of carbonyl (C=O) groups is 1. The van der Waals surface area contributed by atoms with Gasteiger partial charge in [-0.05, 0) is 42.7 Å². The predicted molar refractivity (Wildman–Crippen MR) is 84.8 cm³/mol. The topological polar surface area (TPSA) is 29.1 Å². The summed E-state index contributed by atoms with van der Waals surface area (Å²) in [5.74, 6) is 7.07. The number of nitrogens with one attached hydrogen (secondary N) is 1. The molecule has 0 saturated heterocycles. The van der Waals surface area contributed by atoms with Crippen molar-refractivity contribution < 1.29 is 4.79 Å². The fraction of sp³-hybridized carbons (Fsp3) is 0.211. The summed E-state index contributed by atoms with van der Waals surface area (Å²) in [6, 6.07) is 17.6. The Bertz CT molecular complexity index is 709. The Kier molecular flexibility index (Phi) is 3.75. The van der Waals surface area contributed by atoms with E-state index in [4.69, 9.17) is 0 Å². The molecule has 21 heavy (non-hydrogen) atoms. The molecule has 1 aliphatic carbocycles. The van der Waals surface area contributed by atoms with Crippen molar-refractivity contribution in [2.24, 2.45) is 11.8 Å². The van der Waals surface area contributed by atoms with Gasteiger partial charge in [-0.25, -0.2) is 0 Å². The first-order chi connectivity index (χ1) is 10.2. The molecular formula is C19H17NO. The molecule has 1 saturated carbocycles. The van der Waals surface area contributed by atoms with Crippen LogP contribution in [0.25, 0.3) is 0 Å². The molecule has 1 aliphatic rings. The number of amides is 1. The first kappa shape index (κ1) is 13.5. The second-order valence-electron chi connectivity index (χ2n) is 5.51. The van der Waals surface area contributed by atoms with Crippen LogP contribution >= 0.6 is 0 Å². The minimum Gasteiger partial charge on any atom is -0.326 e. The van der Waals surface area contributed by atoms with Crippen molar-refractivity contribution >= 4 is 11.6 Å². The predicted octanol–water partition coefficient (Wildman–Crippen LogP) is 3.68. The Morgan fingerprint density at radius 3 is 2.43 bits per heavy atom. The maximum atomic E-state index is 11.9. The van der Waals surface area contributed by atoms with Gasteiger partial charge < -0.3 is 5.32 Å². The van der Waals surface area contributed by atoms with Crippen molar-refractivity contribution in [3.63, 3.8) is 0 Å². The lowest BCUT2D eigenvalue weighted by Gasteiger charge is -2.04. The maximum absolute atomic E-state index is 11.9. The first-order valence-corrected chi connectivity index (χ1v) is 7.20. The zero-order valence-electron chi connectivity index (χ0n) is 12.0. The lowest BCUT2D eigenvalue weighted by atomic mass is 10.1. The summed E-state index contributed by atoms with van der Waals surface area (Å²) >= 11 is 0. The van der Waals surface area contributed by atoms with Gasteiger partial charge in [-0.15, -0.1) is 0 Å². The van der Waals surface area contributed by atoms with Crippen LogP contribution in [0, 0.1) is 23.7 Å². The molecule has 0 bridgehead atoms. The highest BCUT2D eigenvalue weighted by Gasteiger charge is 2.38. The highest BCUT2D eigenvalue weighted by molar-refractivity contribution is 5.94. The van der Waals surface area contributed by atoms with Crippen molar-refractivity contribution in [1.29, 1.82) is 0 Å². The molecule has 2 heteroatoms. The maximum Gasteiger partial charge on any atom is 0.227 e. The standard InChI is InChI=1S/C19H17NO/c1-14-12-18(14)19(21)20-17-9-5-8-16(13-17)11-10-15-6-3-2-4-7-15/h2-9,13-14,18H,12H2,1H3,(H,20,21). The van der Waals surface area contributed by atoms with E-state index < -0.39 is 0 Å². The Morgan fingerprint density at radius 2 is 1.71 bits per heavy atom. The second kappa shape index (κ2) is 5.85. The van der Waals surface area contributed by atoms with Crippen molar-refractivity contribution in [3.05, 3.63) is 65.7 Å². The van der Waals surface area contributed by atoms with Crippen LogP contribution in [0.1, 0.15) is 24.5 Å². The number of rotatable bonds is 2. The van der Waals surface area contributed by atoms with Crippen LogP contribution in [0.15, 0.2) is 54.6 Å². The molecule has 2 aromatic carbocycles. The van der Waals surface area contributed by atoms with E-state index in [1.54, 1.807) is 0 Å². The molecule has 1 N–H and O–H groups in total. The van der Waals surface area contributed by atoms with E-state index in [1.807, 2.05) is 54.6 Å². The lowest BCUT2D eigenvalue weighted by Crippen LogP contribution is -2.14. The molecular weight excluding hydrogens is 258 g/mol. The van der Waals surface area contributed by atoms with E-state index in [0.29, 0.717) is 5.92 Å². The van der Waals surface area contributed by atoms with Gasteiger partial charge in [-0.3, -0.25) is 4.79 Å². The van der Waals surface area contributed by atoms with Gasteiger partial charge in [0.25, 0.3) is 0 Å².